The molecule has 2 nitrogen and oxygen atoms in total. The molecule has 70 valence electrons. The van der Waals surface area contributed by atoms with E-state index < -0.39 is 0 Å². The van der Waals surface area contributed by atoms with Crippen molar-refractivity contribution in [2.45, 2.75) is 46.0 Å². The van der Waals surface area contributed by atoms with Gasteiger partial charge in [0.1, 0.15) is 0 Å². The minimum absolute atomic E-state index is 0.114. The summed E-state index contributed by atoms with van der Waals surface area (Å²) < 4.78 is 0. The van der Waals surface area contributed by atoms with Gasteiger partial charge in [-0.05, 0) is 25.2 Å². The summed E-state index contributed by atoms with van der Waals surface area (Å²) in [5, 5.41) is 0. The predicted molar refractivity (Wildman–Crippen MR) is 49.6 cm³/mol. The van der Waals surface area contributed by atoms with E-state index in [2.05, 4.69) is 6.92 Å². The summed E-state index contributed by atoms with van der Waals surface area (Å²) >= 11 is 0. The van der Waals surface area contributed by atoms with Crippen LogP contribution < -0.4 is 5.73 Å². The average molecular weight is 169 g/mol. The third-order valence-electron chi connectivity index (χ3n) is 3.55. The quantitative estimate of drug-likeness (QED) is 0.690. The summed E-state index contributed by atoms with van der Waals surface area (Å²) in [4.78, 5) is 11.3. The van der Waals surface area contributed by atoms with E-state index in [9.17, 15) is 4.79 Å². The van der Waals surface area contributed by atoms with Gasteiger partial charge in [0.2, 0.25) is 5.91 Å². The molecule has 1 atom stereocenters. The lowest BCUT2D eigenvalue weighted by Crippen LogP contribution is -2.39. The summed E-state index contributed by atoms with van der Waals surface area (Å²) in [5.74, 6) is 0.428. The van der Waals surface area contributed by atoms with E-state index in [1.165, 1.54) is 25.7 Å². The lowest BCUT2D eigenvalue weighted by atomic mass is 9.73. The maximum absolute atomic E-state index is 11.3. The van der Waals surface area contributed by atoms with E-state index >= 15 is 0 Å². The Balaban J connectivity index is 2.70. The van der Waals surface area contributed by atoms with Crippen molar-refractivity contribution in [3.63, 3.8) is 0 Å². The van der Waals surface area contributed by atoms with E-state index in [4.69, 9.17) is 5.73 Å². The van der Waals surface area contributed by atoms with Crippen molar-refractivity contribution in [1.29, 1.82) is 0 Å². The normalized spacial score (nSPS) is 23.8. The van der Waals surface area contributed by atoms with Crippen molar-refractivity contribution < 1.29 is 4.79 Å². The molecule has 1 unspecified atom stereocenters. The number of carbonyl (C=O) groups is 1. The molecule has 0 aliphatic heterocycles. The Morgan fingerprint density at radius 1 is 1.50 bits per heavy atom. The number of carbonyl (C=O) groups excluding carboxylic acids is 1. The highest BCUT2D eigenvalue weighted by molar-refractivity contribution is 5.80. The monoisotopic (exact) mass is 169 g/mol. The average Bonchev–Trinajstić information content (AvgIpc) is 2.54. The highest BCUT2D eigenvalue weighted by Crippen LogP contribution is 2.41. The van der Waals surface area contributed by atoms with Gasteiger partial charge in [0.05, 0.1) is 0 Å². The number of hydrogen-bond acceptors (Lipinski definition) is 1. The third kappa shape index (κ3) is 1.47. The second kappa shape index (κ2) is 3.46. The summed E-state index contributed by atoms with van der Waals surface area (Å²) in [6.07, 6.45) is 5.80. The molecule has 1 aliphatic rings. The molecule has 0 aromatic carbocycles. The van der Waals surface area contributed by atoms with Crippen LogP contribution in [0.1, 0.15) is 46.0 Å². The molecule has 0 heterocycles. The summed E-state index contributed by atoms with van der Waals surface area (Å²) in [7, 11) is 0. The van der Waals surface area contributed by atoms with E-state index in [1.807, 2.05) is 6.92 Å². The fourth-order valence-corrected chi connectivity index (χ4v) is 2.23. The zero-order valence-corrected chi connectivity index (χ0v) is 8.10. The van der Waals surface area contributed by atoms with Gasteiger partial charge in [-0.1, -0.05) is 26.7 Å². The number of primary amides is 1. The first-order valence-corrected chi connectivity index (χ1v) is 4.91. The maximum atomic E-state index is 11.3. The number of amides is 1. The first kappa shape index (κ1) is 9.56. The number of rotatable bonds is 3. The molecule has 0 saturated heterocycles. The molecule has 0 radical (unpaired) electrons. The van der Waals surface area contributed by atoms with Crippen LogP contribution in [0, 0.1) is 11.3 Å². The third-order valence-corrected chi connectivity index (χ3v) is 3.55. The van der Waals surface area contributed by atoms with E-state index in [1.54, 1.807) is 0 Å². The van der Waals surface area contributed by atoms with Crippen LogP contribution in [0.3, 0.4) is 0 Å². The van der Waals surface area contributed by atoms with Gasteiger partial charge in [-0.25, -0.2) is 0 Å². The molecule has 1 fully saturated rings. The van der Waals surface area contributed by atoms with E-state index in [0.717, 1.165) is 6.42 Å². The van der Waals surface area contributed by atoms with E-state index in [0.29, 0.717) is 5.92 Å². The first-order chi connectivity index (χ1) is 5.61. The van der Waals surface area contributed by atoms with Gasteiger partial charge in [0.15, 0.2) is 0 Å². The lowest BCUT2D eigenvalue weighted by molar-refractivity contribution is -0.129. The summed E-state index contributed by atoms with van der Waals surface area (Å²) in [6, 6.07) is 0. The highest BCUT2D eigenvalue weighted by Gasteiger charge is 2.39. The summed E-state index contributed by atoms with van der Waals surface area (Å²) in [5.41, 5.74) is 5.18. The molecule has 1 amide bonds. The Bertz CT molecular complexity index is 173. The van der Waals surface area contributed by atoms with Gasteiger partial charge in [-0.2, -0.15) is 0 Å². The van der Waals surface area contributed by atoms with E-state index in [-0.39, 0.29) is 11.3 Å². The minimum atomic E-state index is -0.240. The van der Waals surface area contributed by atoms with Gasteiger partial charge in [0, 0.05) is 5.41 Å². The van der Waals surface area contributed by atoms with Crippen molar-refractivity contribution >= 4 is 5.91 Å². The van der Waals surface area contributed by atoms with Crippen LogP contribution in [-0.4, -0.2) is 5.91 Å². The SMILES string of the molecule is CCC(C)(C(N)=O)C1CCCC1. The Kier molecular flexibility index (Phi) is 2.76. The molecule has 0 aromatic heterocycles. The molecule has 1 rings (SSSR count). The Labute approximate surface area is 74.5 Å². The second-order valence-electron chi connectivity index (χ2n) is 4.12. The molecule has 0 bridgehead atoms. The van der Waals surface area contributed by atoms with Crippen LogP contribution in [0.25, 0.3) is 0 Å². The van der Waals surface area contributed by atoms with Crippen molar-refractivity contribution in [3.05, 3.63) is 0 Å². The molecule has 1 aliphatic carbocycles. The molecule has 1 saturated carbocycles. The Morgan fingerprint density at radius 2 is 2.00 bits per heavy atom. The molecule has 2 heteroatoms. The van der Waals surface area contributed by atoms with Crippen molar-refractivity contribution in [1.82, 2.24) is 0 Å². The smallest absolute Gasteiger partial charge is 0.223 e. The van der Waals surface area contributed by atoms with Gasteiger partial charge in [0.25, 0.3) is 0 Å². The van der Waals surface area contributed by atoms with Gasteiger partial charge in [-0.15, -0.1) is 0 Å². The molecular weight excluding hydrogens is 150 g/mol. The topological polar surface area (TPSA) is 43.1 Å². The zero-order valence-electron chi connectivity index (χ0n) is 8.10. The van der Waals surface area contributed by atoms with Crippen LogP contribution in [0.15, 0.2) is 0 Å². The van der Waals surface area contributed by atoms with Crippen molar-refractivity contribution in [2.75, 3.05) is 0 Å². The molecular formula is C10H19NO. The van der Waals surface area contributed by atoms with Crippen LogP contribution in [-0.2, 0) is 4.79 Å². The summed E-state index contributed by atoms with van der Waals surface area (Å²) in [6.45, 7) is 4.08. The van der Waals surface area contributed by atoms with Crippen LogP contribution in [0.5, 0.6) is 0 Å². The molecule has 12 heavy (non-hydrogen) atoms. The fraction of sp³-hybridized carbons (Fsp3) is 0.900. The Hall–Kier alpha value is -0.530. The van der Waals surface area contributed by atoms with Gasteiger partial charge < -0.3 is 5.73 Å². The second-order valence-corrected chi connectivity index (χ2v) is 4.12. The van der Waals surface area contributed by atoms with Gasteiger partial charge in [-0.3, -0.25) is 4.79 Å². The Morgan fingerprint density at radius 3 is 2.33 bits per heavy atom. The van der Waals surface area contributed by atoms with Crippen LogP contribution in [0.2, 0.25) is 0 Å². The van der Waals surface area contributed by atoms with Crippen molar-refractivity contribution in [2.24, 2.45) is 17.1 Å². The first-order valence-electron chi connectivity index (χ1n) is 4.91. The number of hydrogen-bond donors (Lipinski definition) is 1. The zero-order chi connectivity index (χ0) is 9.19. The standard InChI is InChI=1S/C10H19NO/c1-3-10(2,9(11)12)8-6-4-5-7-8/h8H,3-7H2,1-2H3,(H2,11,12). The largest absolute Gasteiger partial charge is 0.369 e. The molecule has 0 aromatic rings. The highest BCUT2D eigenvalue weighted by atomic mass is 16.1. The van der Waals surface area contributed by atoms with Crippen LogP contribution >= 0.6 is 0 Å². The van der Waals surface area contributed by atoms with Crippen molar-refractivity contribution in [3.8, 4) is 0 Å². The maximum Gasteiger partial charge on any atom is 0.223 e. The van der Waals surface area contributed by atoms with Crippen LogP contribution in [0.4, 0.5) is 0 Å². The fourth-order valence-electron chi connectivity index (χ4n) is 2.23. The number of nitrogens with two attached hydrogens (primary N) is 1. The predicted octanol–water partition coefficient (Wildman–Crippen LogP) is 2.08. The molecule has 2 N–H and O–H groups in total. The lowest BCUT2D eigenvalue weighted by Gasteiger charge is -2.31. The van der Waals surface area contributed by atoms with Gasteiger partial charge >= 0.3 is 0 Å². The minimum Gasteiger partial charge on any atom is -0.369 e. The molecule has 0 spiro atoms.